The maximum Gasteiger partial charge on any atom is 0.254 e. The lowest BCUT2D eigenvalue weighted by atomic mass is 9.90. The molecular weight excluding hydrogens is 274 g/mol. The normalized spacial score (nSPS) is 15.8. The minimum atomic E-state index is 0.160. The van der Waals surface area contributed by atoms with Crippen molar-refractivity contribution in [3.05, 3.63) is 58.9 Å². The van der Waals surface area contributed by atoms with Crippen LogP contribution in [-0.4, -0.2) is 34.1 Å². The number of amides is 1. The molecule has 114 valence electrons. The third-order valence-electron chi connectivity index (χ3n) is 4.48. The van der Waals surface area contributed by atoms with Gasteiger partial charge >= 0.3 is 0 Å². The Morgan fingerprint density at radius 2 is 1.91 bits per heavy atom. The summed E-state index contributed by atoms with van der Waals surface area (Å²) in [5, 5.41) is 7.78. The number of likely N-dealkylation sites (tertiary alicyclic amines) is 1. The molecule has 0 radical (unpaired) electrons. The second-order valence-electron chi connectivity index (χ2n) is 6.06. The van der Waals surface area contributed by atoms with E-state index in [2.05, 4.69) is 16.3 Å². The summed E-state index contributed by atoms with van der Waals surface area (Å²) in [4.78, 5) is 14.7. The molecule has 1 aliphatic heterocycles. The van der Waals surface area contributed by atoms with E-state index < -0.39 is 0 Å². The molecule has 4 heteroatoms. The first-order valence-electron chi connectivity index (χ1n) is 7.78. The van der Waals surface area contributed by atoms with Crippen LogP contribution in [0.25, 0.3) is 0 Å². The topological polar surface area (TPSA) is 46.1 Å². The number of hydrogen-bond acceptors (Lipinski definition) is 3. The van der Waals surface area contributed by atoms with Gasteiger partial charge in [0.15, 0.2) is 0 Å². The standard InChI is InChI=1S/C18H21N3O/c1-13-3-4-14(2)17(11-13)18(22)21-9-6-15(7-10-21)16-5-8-19-20-12-16/h3-5,8,11-12,15H,6-7,9-10H2,1-2H3. The molecule has 2 aromatic rings. The average Bonchev–Trinajstić information content (AvgIpc) is 2.57. The van der Waals surface area contributed by atoms with Gasteiger partial charge in [-0.2, -0.15) is 10.2 Å². The number of carbonyl (C=O) groups is 1. The SMILES string of the molecule is Cc1ccc(C)c(C(=O)N2CCC(c3ccnnc3)CC2)c1. The predicted molar refractivity (Wildman–Crippen MR) is 85.8 cm³/mol. The van der Waals surface area contributed by atoms with Gasteiger partial charge in [-0.15, -0.1) is 0 Å². The fourth-order valence-corrected chi connectivity index (χ4v) is 3.09. The van der Waals surface area contributed by atoms with Crippen LogP contribution in [0.4, 0.5) is 0 Å². The van der Waals surface area contributed by atoms with Gasteiger partial charge in [0.1, 0.15) is 0 Å². The van der Waals surface area contributed by atoms with Gasteiger partial charge in [0, 0.05) is 24.8 Å². The highest BCUT2D eigenvalue weighted by molar-refractivity contribution is 5.95. The van der Waals surface area contributed by atoms with E-state index in [0.29, 0.717) is 5.92 Å². The highest BCUT2D eigenvalue weighted by Crippen LogP contribution is 2.28. The van der Waals surface area contributed by atoms with E-state index in [1.54, 1.807) is 6.20 Å². The molecule has 0 spiro atoms. The summed E-state index contributed by atoms with van der Waals surface area (Å²) in [6.45, 7) is 5.64. The lowest BCUT2D eigenvalue weighted by Gasteiger charge is -2.32. The van der Waals surface area contributed by atoms with Crippen molar-refractivity contribution in [2.24, 2.45) is 0 Å². The summed E-state index contributed by atoms with van der Waals surface area (Å²) >= 11 is 0. The zero-order valence-electron chi connectivity index (χ0n) is 13.1. The van der Waals surface area contributed by atoms with Gasteiger partial charge in [0.25, 0.3) is 5.91 Å². The number of piperidine rings is 1. The van der Waals surface area contributed by atoms with Crippen LogP contribution in [0.5, 0.6) is 0 Å². The third-order valence-corrected chi connectivity index (χ3v) is 4.48. The number of aryl methyl sites for hydroxylation is 2. The van der Waals surface area contributed by atoms with Crippen LogP contribution in [0.15, 0.2) is 36.7 Å². The maximum atomic E-state index is 12.7. The van der Waals surface area contributed by atoms with Gasteiger partial charge in [0.05, 0.1) is 6.20 Å². The van der Waals surface area contributed by atoms with Crippen molar-refractivity contribution in [3.8, 4) is 0 Å². The number of benzene rings is 1. The van der Waals surface area contributed by atoms with Crippen LogP contribution in [0, 0.1) is 13.8 Å². The summed E-state index contributed by atoms with van der Waals surface area (Å²) < 4.78 is 0. The van der Waals surface area contributed by atoms with Crippen LogP contribution in [0.3, 0.4) is 0 Å². The zero-order valence-corrected chi connectivity index (χ0v) is 13.1. The van der Waals surface area contributed by atoms with Gasteiger partial charge in [-0.1, -0.05) is 17.7 Å². The molecule has 1 aliphatic rings. The van der Waals surface area contributed by atoms with E-state index in [1.165, 1.54) is 5.56 Å². The van der Waals surface area contributed by atoms with Crippen molar-refractivity contribution in [2.45, 2.75) is 32.6 Å². The number of aromatic nitrogens is 2. The molecule has 3 rings (SSSR count). The summed E-state index contributed by atoms with van der Waals surface area (Å²) in [6, 6.07) is 8.10. The molecule has 4 nitrogen and oxygen atoms in total. The molecule has 0 bridgehead atoms. The minimum Gasteiger partial charge on any atom is -0.339 e. The lowest BCUT2D eigenvalue weighted by Crippen LogP contribution is -2.38. The molecule has 1 saturated heterocycles. The fourth-order valence-electron chi connectivity index (χ4n) is 3.09. The average molecular weight is 295 g/mol. The molecule has 0 aliphatic carbocycles. The highest BCUT2D eigenvalue weighted by Gasteiger charge is 2.25. The Labute approximate surface area is 131 Å². The van der Waals surface area contributed by atoms with Crippen LogP contribution < -0.4 is 0 Å². The Kier molecular flexibility index (Phi) is 4.18. The van der Waals surface area contributed by atoms with E-state index in [1.807, 2.05) is 43.1 Å². The van der Waals surface area contributed by atoms with Crippen LogP contribution in [-0.2, 0) is 0 Å². The lowest BCUT2D eigenvalue weighted by molar-refractivity contribution is 0.0712. The number of nitrogens with zero attached hydrogens (tertiary/aromatic N) is 3. The van der Waals surface area contributed by atoms with E-state index in [9.17, 15) is 4.79 Å². The van der Waals surface area contributed by atoms with Crippen molar-refractivity contribution in [1.29, 1.82) is 0 Å². The van der Waals surface area contributed by atoms with Crippen LogP contribution in [0.2, 0.25) is 0 Å². The number of rotatable bonds is 2. The first-order valence-corrected chi connectivity index (χ1v) is 7.78. The van der Waals surface area contributed by atoms with E-state index in [0.717, 1.165) is 42.6 Å². The van der Waals surface area contributed by atoms with Crippen LogP contribution in [0.1, 0.15) is 45.8 Å². The van der Waals surface area contributed by atoms with Crippen molar-refractivity contribution in [2.75, 3.05) is 13.1 Å². The minimum absolute atomic E-state index is 0.160. The molecule has 1 fully saturated rings. The van der Waals surface area contributed by atoms with Crippen molar-refractivity contribution in [1.82, 2.24) is 15.1 Å². The summed E-state index contributed by atoms with van der Waals surface area (Å²) in [6.07, 6.45) is 5.56. The number of carbonyl (C=O) groups excluding carboxylic acids is 1. The Morgan fingerprint density at radius 1 is 1.14 bits per heavy atom. The van der Waals surface area contributed by atoms with Gasteiger partial charge in [-0.3, -0.25) is 4.79 Å². The molecule has 0 unspecified atom stereocenters. The van der Waals surface area contributed by atoms with Crippen molar-refractivity contribution < 1.29 is 4.79 Å². The largest absolute Gasteiger partial charge is 0.339 e. The zero-order chi connectivity index (χ0) is 15.5. The Bertz CT molecular complexity index is 661. The molecule has 1 aromatic carbocycles. The second-order valence-corrected chi connectivity index (χ2v) is 6.06. The van der Waals surface area contributed by atoms with Gasteiger partial charge in [0.2, 0.25) is 0 Å². The molecule has 0 saturated carbocycles. The van der Waals surface area contributed by atoms with E-state index in [4.69, 9.17) is 0 Å². The Hall–Kier alpha value is -2.23. The van der Waals surface area contributed by atoms with Gasteiger partial charge < -0.3 is 4.90 Å². The molecular formula is C18H21N3O. The fraction of sp³-hybridized carbons (Fsp3) is 0.389. The molecule has 2 heterocycles. The molecule has 1 aromatic heterocycles. The van der Waals surface area contributed by atoms with Crippen LogP contribution >= 0.6 is 0 Å². The quantitative estimate of drug-likeness (QED) is 0.855. The van der Waals surface area contributed by atoms with E-state index >= 15 is 0 Å². The first kappa shape index (κ1) is 14.7. The smallest absolute Gasteiger partial charge is 0.254 e. The summed E-state index contributed by atoms with van der Waals surface area (Å²) in [5.41, 5.74) is 4.25. The molecule has 0 N–H and O–H groups in total. The first-order chi connectivity index (χ1) is 10.6. The second kappa shape index (κ2) is 6.26. The van der Waals surface area contributed by atoms with Crippen molar-refractivity contribution in [3.63, 3.8) is 0 Å². The monoisotopic (exact) mass is 295 g/mol. The Balaban J connectivity index is 1.68. The highest BCUT2D eigenvalue weighted by atomic mass is 16.2. The van der Waals surface area contributed by atoms with Crippen molar-refractivity contribution >= 4 is 5.91 Å². The third kappa shape index (κ3) is 3.01. The van der Waals surface area contributed by atoms with Gasteiger partial charge in [-0.25, -0.2) is 0 Å². The maximum absolute atomic E-state index is 12.7. The molecule has 22 heavy (non-hydrogen) atoms. The Morgan fingerprint density at radius 3 is 2.59 bits per heavy atom. The predicted octanol–water partition coefficient (Wildman–Crippen LogP) is 3.11. The van der Waals surface area contributed by atoms with Gasteiger partial charge in [-0.05, 0) is 55.9 Å². The van der Waals surface area contributed by atoms with E-state index in [-0.39, 0.29) is 5.91 Å². The summed E-state index contributed by atoms with van der Waals surface area (Å²) in [5.74, 6) is 0.644. The molecule has 0 atom stereocenters. The molecule has 1 amide bonds. The summed E-state index contributed by atoms with van der Waals surface area (Å²) in [7, 11) is 0. The number of hydrogen-bond donors (Lipinski definition) is 0.